The molecule has 0 aliphatic rings. The molecule has 37 heavy (non-hydrogen) atoms. The first-order valence-electron chi connectivity index (χ1n) is 10.2. The van der Waals surface area contributed by atoms with E-state index >= 15 is 0 Å². The van der Waals surface area contributed by atoms with Crippen LogP contribution >= 0.6 is 66.7 Å². The van der Waals surface area contributed by atoms with Gasteiger partial charge in [-0.2, -0.15) is 5.10 Å². The topological polar surface area (TPSA) is 118 Å². The molecular formula is C21H16BBr2Cl3N6O4. The first kappa shape index (κ1) is 29.0. The van der Waals surface area contributed by atoms with Crippen molar-refractivity contribution in [2.24, 2.45) is 0 Å². The van der Waals surface area contributed by atoms with E-state index in [1.54, 1.807) is 26.0 Å². The van der Waals surface area contributed by atoms with Gasteiger partial charge in [-0.3, -0.25) is 15.0 Å². The smallest absolute Gasteiger partial charge is 0.428 e. The highest BCUT2D eigenvalue weighted by atomic mass is 79.9. The first-order valence-corrected chi connectivity index (χ1v) is 12.9. The Hall–Kier alpha value is -2.58. The molecule has 0 unspecified atom stereocenters. The molecule has 2 aromatic heterocycles. The van der Waals surface area contributed by atoms with E-state index in [9.17, 15) is 14.4 Å². The Morgan fingerprint density at radius 3 is 2.59 bits per heavy atom. The maximum atomic E-state index is 13.4. The van der Waals surface area contributed by atoms with Gasteiger partial charge < -0.3 is 10.1 Å². The second kappa shape index (κ2) is 12.8. The second-order valence-electron chi connectivity index (χ2n) is 7.19. The molecule has 0 spiro atoms. The van der Waals surface area contributed by atoms with Crippen molar-refractivity contribution in [2.45, 2.75) is 0 Å². The summed E-state index contributed by atoms with van der Waals surface area (Å²) in [6.07, 6.45) is 1.94. The zero-order valence-electron chi connectivity index (χ0n) is 19.1. The number of carbonyl (C=O) groups is 3. The fourth-order valence-corrected chi connectivity index (χ4v) is 4.38. The van der Waals surface area contributed by atoms with Crippen LogP contribution in [0.5, 0.6) is 0 Å². The summed E-state index contributed by atoms with van der Waals surface area (Å²) in [5.41, 5.74) is 3.33. The molecule has 16 heteroatoms. The molecule has 1 aromatic carbocycles. The lowest BCUT2D eigenvalue weighted by atomic mass is 9.91. The van der Waals surface area contributed by atoms with Crippen LogP contribution in [-0.4, -0.2) is 59.2 Å². The molecule has 3 aromatic rings. The highest BCUT2D eigenvalue weighted by molar-refractivity contribution is 9.10. The number of ether oxygens (including phenoxy) is 1. The lowest BCUT2D eigenvalue weighted by molar-refractivity contribution is 0.0737. The summed E-state index contributed by atoms with van der Waals surface area (Å²) >= 11 is 24.1. The van der Waals surface area contributed by atoms with Gasteiger partial charge in [0, 0.05) is 22.4 Å². The summed E-state index contributed by atoms with van der Waals surface area (Å²) in [6.45, 7) is -0.173. The molecule has 0 radical (unpaired) electrons. The molecule has 0 saturated carbocycles. The number of hydrogen-bond acceptors (Lipinski definition) is 6. The molecular weight excluding hydrogens is 677 g/mol. The van der Waals surface area contributed by atoms with Crippen molar-refractivity contribution in [3.05, 3.63) is 72.5 Å². The van der Waals surface area contributed by atoms with Crippen molar-refractivity contribution in [1.82, 2.24) is 25.2 Å². The number of nitrogens with zero attached hydrogens (tertiary/aromatic N) is 4. The standard InChI is InChI=1S/C21H16BBr2Cl3N6O4/c1-37-21(36)32(6-4-16(26)27)31-19(34)11-7-10(23)8-12(22)17(11)29-20(35)14-9-15(24)30-33(14)18-13(25)3-2-5-28-18/h2-5,7-9H,6,22H2,1H3,(H,29,35)(H,31,34). The highest BCUT2D eigenvalue weighted by Gasteiger charge is 2.24. The van der Waals surface area contributed by atoms with Crippen LogP contribution in [0.25, 0.3) is 5.82 Å². The molecule has 0 atom stereocenters. The van der Waals surface area contributed by atoms with Crippen molar-refractivity contribution in [1.29, 1.82) is 0 Å². The summed E-state index contributed by atoms with van der Waals surface area (Å²) in [7, 11) is 2.85. The van der Waals surface area contributed by atoms with Gasteiger partial charge >= 0.3 is 6.09 Å². The van der Waals surface area contributed by atoms with Crippen LogP contribution in [0.2, 0.25) is 5.02 Å². The summed E-state index contributed by atoms with van der Waals surface area (Å²) in [5.74, 6) is -1.07. The van der Waals surface area contributed by atoms with Gasteiger partial charge in [0.05, 0.1) is 24.2 Å². The largest absolute Gasteiger partial charge is 0.452 e. The Morgan fingerprint density at radius 2 is 1.95 bits per heavy atom. The van der Waals surface area contributed by atoms with Gasteiger partial charge in [0.15, 0.2) is 5.82 Å². The minimum atomic E-state index is -0.863. The van der Waals surface area contributed by atoms with Crippen LogP contribution in [0, 0.1) is 0 Å². The minimum Gasteiger partial charge on any atom is -0.452 e. The van der Waals surface area contributed by atoms with Crippen LogP contribution in [0.15, 0.2) is 56.2 Å². The maximum Gasteiger partial charge on any atom is 0.428 e. The number of hydrazine groups is 1. The number of rotatable bonds is 6. The van der Waals surface area contributed by atoms with Crippen molar-refractivity contribution >= 4 is 104 Å². The molecule has 3 amide bonds. The van der Waals surface area contributed by atoms with Crippen molar-refractivity contribution in [2.75, 3.05) is 19.0 Å². The number of anilines is 1. The lowest BCUT2D eigenvalue weighted by Crippen LogP contribution is -2.46. The van der Waals surface area contributed by atoms with Crippen LogP contribution < -0.4 is 16.2 Å². The number of halogens is 5. The van der Waals surface area contributed by atoms with Gasteiger partial charge in [-0.05, 0) is 40.2 Å². The fraction of sp³-hybridized carbons (Fsp3) is 0.0952. The number of carbonyl (C=O) groups excluding carboxylic acids is 3. The predicted molar refractivity (Wildman–Crippen MR) is 151 cm³/mol. The number of aromatic nitrogens is 3. The predicted octanol–water partition coefficient (Wildman–Crippen LogP) is 3.99. The first-order chi connectivity index (χ1) is 17.5. The third kappa shape index (κ3) is 7.26. The monoisotopic (exact) mass is 690 g/mol. The number of pyridine rings is 1. The van der Waals surface area contributed by atoms with Crippen molar-refractivity contribution < 1.29 is 19.1 Å². The fourth-order valence-electron chi connectivity index (χ4n) is 3.09. The van der Waals surface area contributed by atoms with E-state index in [4.69, 9.17) is 39.5 Å². The molecule has 10 nitrogen and oxygen atoms in total. The van der Waals surface area contributed by atoms with Crippen LogP contribution in [-0.2, 0) is 4.74 Å². The molecule has 0 aliphatic heterocycles. The Morgan fingerprint density at radius 1 is 1.22 bits per heavy atom. The van der Waals surface area contributed by atoms with Crippen LogP contribution in [0.3, 0.4) is 0 Å². The van der Waals surface area contributed by atoms with Crippen LogP contribution in [0.4, 0.5) is 10.5 Å². The lowest BCUT2D eigenvalue weighted by Gasteiger charge is -2.22. The van der Waals surface area contributed by atoms with Gasteiger partial charge in [-0.15, -0.1) is 0 Å². The summed E-state index contributed by atoms with van der Waals surface area (Å²) in [4.78, 5) is 42.9. The number of amides is 3. The molecule has 2 N–H and O–H groups in total. The number of nitrogens with one attached hydrogen (secondary N) is 2. The van der Waals surface area contributed by atoms with Crippen molar-refractivity contribution in [3.63, 3.8) is 0 Å². The van der Waals surface area contributed by atoms with Gasteiger partial charge in [-0.25, -0.2) is 19.5 Å². The summed E-state index contributed by atoms with van der Waals surface area (Å²) < 4.78 is 6.79. The Balaban J connectivity index is 1.97. The van der Waals surface area contributed by atoms with E-state index in [2.05, 4.69) is 52.7 Å². The molecule has 3 rings (SSSR count). The van der Waals surface area contributed by atoms with Gasteiger partial charge in [0.1, 0.15) is 22.6 Å². The molecule has 2 heterocycles. The maximum absolute atomic E-state index is 13.4. The zero-order valence-corrected chi connectivity index (χ0v) is 24.5. The third-order valence-corrected chi connectivity index (χ3v) is 6.14. The van der Waals surface area contributed by atoms with Gasteiger partial charge in [-0.1, -0.05) is 62.3 Å². The van der Waals surface area contributed by atoms with E-state index in [0.717, 1.165) is 12.1 Å². The van der Waals surface area contributed by atoms with E-state index in [-0.39, 0.29) is 38.8 Å². The number of methoxy groups -OCH3 is 1. The Bertz CT molecular complexity index is 1400. The molecule has 0 bridgehead atoms. The second-order valence-corrected chi connectivity index (χ2v) is 10.3. The SMILES string of the molecule is Bc1cc(Br)cc(C(=O)NN(CC=C(Cl)Cl)C(=O)OC)c1NC(=O)c1cc(Br)nn1-c1ncccc1Cl. The minimum absolute atomic E-state index is 0.0519. The quantitative estimate of drug-likeness (QED) is 0.298. The molecule has 192 valence electrons. The Labute approximate surface area is 243 Å². The molecule has 0 fully saturated rings. The van der Waals surface area contributed by atoms with Gasteiger partial charge in [0.2, 0.25) is 0 Å². The highest BCUT2D eigenvalue weighted by Crippen LogP contribution is 2.24. The zero-order chi connectivity index (χ0) is 27.3. The van der Waals surface area contributed by atoms with E-state index in [1.165, 1.54) is 29.1 Å². The Kier molecular flexibility index (Phi) is 10.0. The van der Waals surface area contributed by atoms with Crippen LogP contribution in [0.1, 0.15) is 20.8 Å². The molecule has 0 saturated heterocycles. The third-order valence-electron chi connectivity index (χ3n) is 4.69. The normalized spacial score (nSPS) is 10.4. The van der Waals surface area contributed by atoms with E-state index in [0.29, 0.717) is 14.5 Å². The van der Waals surface area contributed by atoms with Gasteiger partial charge in [0.25, 0.3) is 11.8 Å². The van der Waals surface area contributed by atoms with E-state index < -0.39 is 17.9 Å². The summed E-state index contributed by atoms with van der Waals surface area (Å²) in [6, 6.07) is 7.94. The van der Waals surface area contributed by atoms with E-state index in [1.807, 2.05) is 0 Å². The number of benzene rings is 1. The number of hydrogen-bond donors (Lipinski definition) is 2. The summed E-state index contributed by atoms with van der Waals surface area (Å²) in [5, 5.41) is 8.15. The van der Waals surface area contributed by atoms with Crippen molar-refractivity contribution in [3.8, 4) is 5.82 Å². The average Bonchev–Trinajstić information content (AvgIpc) is 3.24. The average molecular weight is 693 g/mol. The molecule has 0 aliphatic carbocycles.